The van der Waals surface area contributed by atoms with Gasteiger partial charge in [-0.2, -0.15) is 0 Å². The van der Waals surface area contributed by atoms with Crippen LogP contribution in [0.25, 0.3) is 0 Å². The van der Waals surface area contributed by atoms with Crippen molar-refractivity contribution in [3.63, 3.8) is 0 Å². The minimum Gasteiger partial charge on any atom is -0.346 e. The number of nitrogens with one attached hydrogen (secondary N) is 1. The molecule has 0 bridgehead atoms. The van der Waals surface area contributed by atoms with Crippen molar-refractivity contribution >= 4 is 17.2 Å². The highest BCUT2D eigenvalue weighted by atomic mass is 32.1. The molecule has 0 saturated heterocycles. The highest BCUT2D eigenvalue weighted by Crippen LogP contribution is 2.34. The van der Waals surface area contributed by atoms with E-state index in [4.69, 9.17) is 0 Å². The maximum atomic E-state index is 11.4. The van der Waals surface area contributed by atoms with Crippen molar-refractivity contribution in [2.24, 2.45) is 0 Å². The van der Waals surface area contributed by atoms with Gasteiger partial charge in [0.2, 0.25) is 0 Å². The predicted molar refractivity (Wildman–Crippen MR) is 47.2 cm³/mol. The van der Waals surface area contributed by atoms with Gasteiger partial charge in [0.15, 0.2) is 0 Å². The van der Waals surface area contributed by atoms with E-state index in [0.29, 0.717) is 5.69 Å². The second-order valence-electron chi connectivity index (χ2n) is 3.39. The number of amides is 1. The Kier molecular flexibility index (Phi) is 1.65. The zero-order valence-corrected chi connectivity index (χ0v) is 7.65. The van der Waals surface area contributed by atoms with Gasteiger partial charge in [-0.15, -0.1) is 11.3 Å². The molecular weight excluding hydrogens is 172 g/mol. The van der Waals surface area contributed by atoms with Crippen LogP contribution in [-0.2, 0) is 0 Å². The zero-order valence-electron chi connectivity index (χ0n) is 6.83. The molecule has 4 heteroatoms. The molecule has 0 unspecified atom stereocenters. The van der Waals surface area contributed by atoms with Crippen LogP contribution >= 0.6 is 11.3 Å². The van der Waals surface area contributed by atoms with E-state index in [1.54, 1.807) is 10.9 Å². The van der Waals surface area contributed by atoms with Crippen molar-refractivity contribution in [3.8, 4) is 0 Å². The molecule has 0 spiro atoms. The van der Waals surface area contributed by atoms with E-state index >= 15 is 0 Å². The van der Waals surface area contributed by atoms with Gasteiger partial charge in [0.1, 0.15) is 5.69 Å². The van der Waals surface area contributed by atoms with E-state index in [-0.39, 0.29) is 11.4 Å². The van der Waals surface area contributed by atoms with Crippen molar-refractivity contribution in [2.75, 3.05) is 0 Å². The lowest BCUT2D eigenvalue weighted by Crippen LogP contribution is -2.34. The number of carbonyl (C=O) groups excluding carboxylic acids is 1. The quantitative estimate of drug-likeness (QED) is 0.751. The van der Waals surface area contributed by atoms with Crippen LogP contribution in [0.15, 0.2) is 10.9 Å². The second kappa shape index (κ2) is 2.55. The lowest BCUT2D eigenvalue weighted by molar-refractivity contribution is 0.0931. The highest BCUT2D eigenvalue weighted by molar-refractivity contribution is 7.07. The van der Waals surface area contributed by atoms with Gasteiger partial charge >= 0.3 is 0 Å². The molecule has 1 saturated carbocycles. The number of aromatic nitrogens is 1. The molecule has 0 atom stereocenters. The Morgan fingerprint density at radius 3 is 3.00 bits per heavy atom. The third-order valence-electron chi connectivity index (χ3n) is 2.08. The summed E-state index contributed by atoms with van der Waals surface area (Å²) in [5.41, 5.74) is 2.26. The third kappa shape index (κ3) is 1.48. The number of thiazole rings is 1. The summed E-state index contributed by atoms with van der Waals surface area (Å²) in [6.07, 6.45) is 2.17. The van der Waals surface area contributed by atoms with Gasteiger partial charge in [-0.05, 0) is 19.8 Å². The number of hydrogen-bond donors (Lipinski definition) is 1. The Labute approximate surface area is 74.8 Å². The minimum absolute atomic E-state index is 0.0451. The van der Waals surface area contributed by atoms with Crippen LogP contribution in [-0.4, -0.2) is 16.4 Å². The van der Waals surface area contributed by atoms with Crippen LogP contribution in [0.1, 0.15) is 30.3 Å². The summed E-state index contributed by atoms with van der Waals surface area (Å²) in [6.45, 7) is 2.05. The molecule has 0 aromatic carbocycles. The van der Waals surface area contributed by atoms with Gasteiger partial charge in [-0.25, -0.2) is 4.98 Å². The molecule has 1 aromatic rings. The van der Waals surface area contributed by atoms with Crippen molar-refractivity contribution in [1.82, 2.24) is 10.3 Å². The molecule has 0 radical (unpaired) electrons. The topological polar surface area (TPSA) is 42.0 Å². The number of hydrogen-bond acceptors (Lipinski definition) is 3. The van der Waals surface area contributed by atoms with Crippen molar-refractivity contribution < 1.29 is 4.79 Å². The Balaban J connectivity index is 2.02. The SMILES string of the molecule is CC1(NC(=O)c2cscn2)CC1. The van der Waals surface area contributed by atoms with Crippen molar-refractivity contribution in [2.45, 2.75) is 25.3 Å². The Hall–Kier alpha value is -0.900. The zero-order chi connectivity index (χ0) is 8.60. The molecule has 64 valence electrons. The molecule has 1 aliphatic carbocycles. The van der Waals surface area contributed by atoms with Crippen LogP contribution < -0.4 is 5.32 Å². The molecule has 1 fully saturated rings. The van der Waals surface area contributed by atoms with Gasteiger partial charge < -0.3 is 5.32 Å². The van der Waals surface area contributed by atoms with E-state index in [2.05, 4.69) is 17.2 Å². The summed E-state index contributed by atoms with van der Waals surface area (Å²) in [4.78, 5) is 15.3. The van der Waals surface area contributed by atoms with Crippen LogP contribution in [0.4, 0.5) is 0 Å². The summed E-state index contributed by atoms with van der Waals surface area (Å²) in [7, 11) is 0. The van der Waals surface area contributed by atoms with E-state index in [9.17, 15) is 4.79 Å². The van der Waals surface area contributed by atoms with Gasteiger partial charge in [0.25, 0.3) is 5.91 Å². The summed E-state index contributed by atoms with van der Waals surface area (Å²) in [6, 6.07) is 0. The lowest BCUT2D eigenvalue weighted by Gasteiger charge is -2.08. The number of carbonyl (C=O) groups is 1. The highest BCUT2D eigenvalue weighted by Gasteiger charge is 2.39. The van der Waals surface area contributed by atoms with E-state index in [1.807, 2.05) is 0 Å². The first kappa shape index (κ1) is 7.73. The molecule has 0 aliphatic heterocycles. The Morgan fingerprint density at radius 1 is 1.75 bits per heavy atom. The summed E-state index contributed by atoms with van der Waals surface area (Å²) in [5, 5.41) is 4.70. The second-order valence-corrected chi connectivity index (χ2v) is 4.11. The summed E-state index contributed by atoms with van der Waals surface area (Å²) >= 11 is 1.44. The average Bonchev–Trinajstić information content (AvgIpc) is 2.55. The van der Waals surface area contributed by atoms with Gasteiger partial charge in [-0.1, -0.05) is 0 Å². The molecule has 1 N–H and O–H groups in total. The molecule has 12 heavy (non-hydrogen) atoms. The fourth-order valence-corrected chi connectivity index (χ4v) is 1.51. The fourth-order valence-electron chi connectivity index (χ4n) is 0.975. The average molecular weight is 182 g/mol. The standard InChI is InChI=1S/C8H10N2OS/c1-8(2-3-8)10-7(11)6-4-12-5-9-6/h4-5H,2-3H2,1H3,(H,10,11). The molecule has 1 aromatic heterocycles. The molecule has 1 aliphatic rings. The van der Waals surface area contributed by atoms with E-state index in [0.717, 1.165) is 12.8 Å². The van der Waals surface area contributed by atoms with Gasteiger partial charge in [0.05, 0.1) is 5.51 Å². The molecule has 1 heterocycles. The fraction of sp³-hybridized carbons (Fsp3) is 0.500. The van der Waals surface area contributed by atoms with Crippen molar-refractivity contribution in [1.29, 1.82) is 0 Å². The summed E-state index contributed by atoms with van der Waals surface area (Å²) in [5.74, 6) is -0.0451. The first-order valence-electron chi connectivity index (χ1n) is 3.90. The molecular formula is C8H10N2OS. The van der Waals surface area contributed by atoms with E-state index in [1.165, 1.54) is 11.3 Å². The first-order chi connectivity index (χ1) is 5.70. The minimum atomic E-state index is -0.0451. The molecule has 1 amide bonds. The Morgan fingerprint density at radius 2 is 2.50 bits per heavy atom. The predicted octanol–water partition coefficient (Wildman–Crippen LogP) is 1.43. The lowest BCUT2D eigenvalue weighted by atomic mass is 10.3. The monoisotopic (exact) mass is 182 g/mol. The first-order valence-corrected chi connectivity index (χ1v) is 4.85. The third-order valence-corrected chi connectivity index (χ3v) is 2.67. The largest absolute Gasteiger partial charge is 0.346 e. The maximum absolute atomic E-state index is 11.4. The van der Waals surface area contributed by atoms with Gasteiger partial charge in [0, 0.05) is 10.9 Å². The van der Waals surface area contributed by atoms with Gasteiger partial charge in [-0.3, -0.25) is 4.79 Å². The smallest absolute Gasteiger partial charge is 0.271 e. The van der Waals surface area contributed by atoms with Crippen LogP contribution in [0, 0.1) is 0 Å². The van der Waals surface area contributed by atoms with Crippen LogP contribution in [0.2, 0.25) is 0 Å². The van der Waals surface area contributed by atoms with E-state index < -0.39 is 0 Å². The Bertz CT molecular complexity index is 290. The molecule has 2 rings (SSSR count). The molecule has 3 nitrogen and oxygen atoms in total. The normalized spacial score (nSPS) is 18.8. The maximum Gasteiger partial charge on any atom is 0.271 e. The number of rotatable bonds is 2. The van der Waals surface area contributed by atoms with Crippen LogP contribution in [0.5, 0.6) is 0 Å². The van der Waals surface area contributed by atoms with Crippen molar-refractivity contribution in [3.05, 3.63) is 16.6 Å². The van der Waals surface area contributed by atoms with Crippen LogP contribution in [0.3, 0.4) is 0 Å². The summed E-state index contributed by atoms with van der Waals surface area (Å²) < 4.78 is 0. The number of nitrogens with zero attached hydrogens (tertiary/aromatic N) is 1.